The number of amides is 3. The van der Waals surface area contributed by atoms with Crippen molar-refractivity contribution < 1.29 is 14.4 Å². The molecule has 2 unspecified atom stereocenters. The summed E-state index contributed by atoms with van der Waals surface area (Å²) in [6.45, 7) is 1.94. The van der Waals surface area contributed by atoms with Gasteiger partial charge in [-0.25, -0.2) is 0 Å². The molecule has 4 aliphatic rings. The Kier molecular flexibility index (Phi) is 4.90. The third-order valence-electron chi connectivity index (χ3n) is 7.86. The van der Waals surface area contributed by atoms with Crippen molar-refractivity contribution in [3.8, 4) is 0 Å². The molecule has 3 fully saturated rings. The highest BCUT2D eigenvalue weighted by Crippen LogP contribution is 2.55. The van der Waals surface area contributed by atoms with E-state index >= 15 is 0 Å². The normalized spacial score (nSPS) is 31.2. The fourth-order valence-corrected chi connectivity index (χ4v) is 6.08. The molecular formula is C23H30N4O3. The minimum atomic E-state index is -0.567. The number of benzene rings is 1. The van der Waals surface area contributed by atoms with Crippen LogP contribution in [0.3, 0.4) is 0 Å². The van der Waals surface area contributed by atoms with Crippen LogP contribution in [0.4, 0.5) is 0 Å². The van der Waals surface area contributed by atoms with E-state index in [1.165, 1.54) is 32.1 Å². The van der Waals surface area contributed by atoms with Gasteiger partial charge >= 0.3 is 0 Å². The molecule has 2 bridgehead atoms. The van der Waals surface area contributed by atoms with Crippen LogP contribution in [-0.2, 0) is 22.7 Å². The first kappa shape index (κ1) is 19.7. The molecule has 1 aromatic rings. The molecule has 0 spiro atoms. The molecule has 5 rings (SSSR count). The third kappa shape index (κ3) is 3.34. The fourth-order valence-electron chi connectivity index (χ4n) is 6.08. The first-order valence-corrected chi connectivity index (χ1v) is 11.2. The molecule has 2 aliphatic heterocycles. The second kappa shape index (κ2) is 7.46. The van der Waals surface area contributed by atoms with Crippen LogP contribution in [0.1, 0.15) is 66.4 Å². The van der Waals surface area contributed by atoms with E-state index in [0.29, 0.717) is 30.5 Å². The highest BCUT2D eigenvalue weighted by atomic mass is 16.2. The lowest BCUT2D eigenvalue weighted by atomic mass is 9.77. The van der Waals surface area contributed by atoms with Crippen LogP contribution in [0.15, 0.2) is 18.2 Å². The predicted molar refractivity (Wildman–Crippen MR) is 111 cm³/mol. The van der Waals surface area contributed by atoms with Crippen molar-refractivity contribution in [3.05, 3.63) is 34.9 Å². The van der Waals surface area contributed by atoms with E-state index in [0.717, 1.165) is 23.6 Å². The lowest BCUT2D eigenvalue weighted by Crippen LogP contribution is -2.52. The first-order valence-electron chi connectivity index (χ1n) is 11.2. The molecule has 160 valence electrons. The molecule has 7 nitrogen and oxygen atoms in total. The average molecular weight is 411 g/mol. The summed E-state index contributed by atoms with van der Waals surface area (Å²) in [7, 11) is 0. The largest absolute Gasteiger partial charge is 0.326 e. The average Bonchev–Trinajstić information content (AvgIpc) is 3.42. The predicted octanol–water partition coefficient (Wildman–Crippen LogP) is 1.44. The van der Waals surface area contributed by atoms with Crippen molar-refractivity contribution in [2.45, 2.75) is 70.1 Å². The molecule has 7 heteroatoms. The van der Waals surface area contributed by atoms with Gasteiger partial charge in [-0.05, 0) is 67.1 Å². The summed E-state index contributed by atoms with van der Waals surface area (Å²) in [6, 6.07) is 5.52. The summed E-state index contributed by atoms with van der Waals surface area (Å²) in [4.78, 5) is 38.0. The van der Waals surface area contributed by atoms with E-state index in [2.05, 4.69) is 16.7 Å². The number of nitrogens with two attached hydrogens (primary N) is 1. The van der Waals surface area contributed by atoms with Crippen molar-refractivity contribution in [1.29, 1.82) is 0 Å². The van der Waals surface area contributed by atoms with Crippen LogP contribution in [-0.4, -0.2) is 41.2 Å². The summed E-state index contributed by atoms with van der Waals surface area (Å²) in [5.74, 6) is 0.135. The molecule has 1 aromatic carbocycles. The van der Waals surface area contributed by atoms with Crippen molar-refractivity contribution in [2.24, 2.45) is 17.1 Å². The van der Waals surface area contributed by atoms with Crippen molar-refractivity contribution in [3.63, 3.8) is 0 Å². The Morgan fingerprint density at radius 1 is 1.20 bits per heavy atom. The maximum Gasteiger partial charge on any atom is 0.255 e. The van der Waals surface area contributed by atoms with Gasteiger partial charge in [0, 0.05) is 37.7 Å². The van der Waals surface area contributed by atoms with E-state index in [1.54, 1.807) is 4.90 Å². The van der Waals surface area contributed by atoms with Crippen LogP contribution in [0.25, 0.3) is 0 Å². The number of nitrogens with one attached hydrogen (secondary N) is 2. The van der Waals surface area contributed by atoms with Gasteiger partial charge in [-0.1, -0.05) is 12.1 Å². The number of hydrogen-bond donors (Lipinski definition) is 3. The SMILES string of the molecule is NC(CNCc1ccc2c(c1)CN(C1CCC(=O)NC1=O)C2=O)C12CCC(CC1)C2. The molecule has 2 aliphatic carbocycles. The van der Waals surface area contributed by atoms with Gasteiger partial charge in [0.1, 0.15) is 6.04 Å². The number of fused-ring (bicyclic) bond motifs is 3. The number of carbonyl (C=O) groups excluding carboxylic acids is 3. The standard InChI is InChI=1S/C23H30N4O3/c24-19(23-7-5-14(10-23)6-8-23)12-25-11-15-1-2-17-16(9-15)13-27(22(17)30)18-3-4-20(28)26-21(18)29/h1-2,9,14,18-19,25H,3-8,10-13,24H2,(H,26,28,29). The van der Waals surface area contributed by atoms with Crippen LogP contribution >= 0.6 is 0 Å². The molecule has 1 saturated heterocycles. The minimum absolute atomic E-state index is 0.128. The molecule has 2 saturated carbocycles. The maximum atomic E-state index is 12.8. The lowest BCUT2D eigenvalue weighted by molar-refractivity contribution is -0.136. The topological polar surface area (TPSA) is 105 Å². The van der Waals surface area contributed by atoms with E-state index < -0.39 is 6.04 Å². The molecule has 30 heavy (non-hydrogen) atoms. The van der Waals surface area contributed by atoms with E-state index in [4.69, 9.17) is 5.73 Å². The highest BCUT2D eigenvalue weighted by molar-refractivity contribution is 6.05. The van der Waals surface area contributed by atoms with Gasteiger partial charge in [-0.15, -0.1) is 0 Å². The first-order chi connectivity index (χ1) is 14.4. The summed E-state index contributed by atoms with van der Waals surface area (Å²) in [5.41, 5.74) is 9.64. The second-order valence-corrected chi connectivity index (χ2v) is 9.64. The van der Waals surface area contributed by atoms with E-state index in [1.807, 2.05) is 12.1 Å². The van der Waals surface area contributed by atoms with Gasteiger partial charge in [-0.3, -0.25) is 19.7 Å². The smallest absolute Gasteiger partial charge is 0.255 e. The maximum absolute atomic E-state index is 12.8. The number of imide groups is 1. The van der Waals surface area contributed by atoms with Crippen LogP contribution in [0, 0.1) is 11.3 Å². The monoisotopic (exact) mass is 410 g/mol. The summed E-state index contributed by atoms with van der Waals surface area (Å²) in [5, 5.41) is 5.86. The van der Waals surface area contributed by atoms with Gasteiger partial charge in [0.2, 0.25) is 11.8 Å². The Bertz CT molecular complexity index is 890. The molecular weight excluding hydrogens is 380 g/mol. The Morgan fingerprint density at radius 2 is 2.00 bits per heavy atom. The fraction of sp³-hybridized carbons (Fsp3) is 0.609. The number of rotatable bonds is 6. The van der Waals surface area contributed by atoms with Crippen molar-refractivity contribution in [1.82, 2.24) is 15.5 Å². The van der Waals surface area contributed by atoms with E-state index in [9.17, 15) is 14.4 Å². The van der Waals surface area contributed by atoms with Gasteiger partial charge in [-0.2, -0.15) is 0 Å². The number of hydrogen-bond acceptors (Lipinski definition) is 5. The number of piperidine rings is 1. The quantitative estimate of drug-likeness (QED) is 0.616. The van der Waals surface area contributed by atoms with E-state index in [-0.39, 0.29) is 30.2 Å². The minimum Gasteiger partial charge on any atom is -0.326 e. The molecule has 2 atom stereocenters. The summed E-state index contributed by atoms with van der Waals surface area (Å²) >= 11 is 0. The lowest BCUT2D eigenvalue weighted by Gasteiger charge is -2.33. The molecule has 0 radical (unpaired) electrons. The Labute approximate surface area is 176 Å². The highest BCUT2D eigenvalue weighted by Gasteiger charge is 2.48. The van der Waals surface area contributed by atoms with Crippen LogP contribution in [0.5, 0.6) is 0 Å². The molecule has 3 amide bonds. The van der Waals surface area contributed by atoms with Crippen LogP contribution in [0.2, 0.25) is 0 Å². The zero-order chi connectivity index (χ0) is 20.9. The van der Waals surface area contributed by atoms with Crippen LogP contribution < -0.4 is 16.4 Å². The van der Waals surface area contributed by atoms with Gasteiger partial charge in [0.25, 0.3) is 5.91 Å². The number of nitrogens with zero attached hydrogens (tertiary/aromatic N) is 1. The van der Waals surface area contributed by atoms with Gasteiger partial charge in [0.15, 0.2) is 0 Å². The summed E-state index contributed by atoms with van der Waals surface area (Å²) < 4.78 is 0. The zero-order valence-corrected chi connectivity index (χ0v) is 17.3. The Balaban J connectivity index is 1.19. The molecule has 2 heterocycles. The zero-order valence-electron chi connectivity index (χ0n) is 17.3. The van der Waals surface area contributed by atoms with Crippen molar-refractivity contribution >= 4 is 17.7 Å². The number of carbonyl (C=O) groups is 3. The Morgan fingerprint density at radius 3 is 2.70 bits per heavy atom. The molecule has 4 N–H and O–H groups in total. The molecule has 0 aromatic heterocycles. The van der Waals surface area contributed by atoms with Gasteiger partial charge in [0.05, 0.1) is 0 Å². The van der Waals surface area contributed by atoms with Gasteiger partial charge < -0.3 is 16.0 Å². The van der Waals surface area contributed by atoms with Crippen molar-refractivity contribution in [2.75, 3.05) is 6.54 Å². The summed E-state index contributed by atoms with van der Waals surface area (Å²) in [6.07, 6.45) is 7.20. The third-order valence-corrected chi connectivity index (χ3v) is 7.86. The Hall–Kier alpha value is -2.25. The second-order valence-electron chi connectivity index (χ2n) is 9.64.